The van der Waals surface area contributed by atoms with Gasteiger partial charge in [0, 0.05) is 43.5 Å². The number of ether oxygens (including phenoxy) is 3. The number of nitrogens with zero attached hydrogens (tertiary/aromatic N) is 4. The largest absolute Gasteiger partial charge is 0.496 e. The molecule has 0 radical (unpaired) electrons. The van der Waals surface area contributed by atoms with E-state index in [9.17, 15) is 9.18 Å². The summed E-state index contributed by atoms with van der Waals surface area (Å²) in [5.74, 6) is 0.373. The number of nitrogen functional groups attached to an aromatic ring is 1. The first-order valence-corrected chi connectivity index (χ1v) is 14.2. The number of benzene rings is 2. The van der Waals surface area contributed by atoms with Crippen molar-refractivity contribution in [3.8, 4) is 34.0 Å². The molecule has 226 valence electrons. The highest BCUT2D eigenvalue weighted by Gasteiger charge is 2.18. The number of H-pyrrole nitrogens is 1. The van der Waals surface area contributed by atoms with Crippen molar-refractivity contribution in [3.63, 3.8) is 0 Å². The first-order valence-electron chi connectivity index (χ1n) is 14.2. The molecular formula is C32H32FN7O4. The van der Waals surface area contributed by atoms with Gasteiger partial charge in [-0.15, -0.1) is 0 Å². The fraction of sp³-hybridized carbons (Fsp3) is 0.250. The Morgan fingerprint density at radius 3 is 2.66 bits per heavy atom. The molecule has 12 heteroatoms. The number of aromatic nitrogens is 4. The van der Waals surface area contributed by atoms with Crippen molar-refractivity contribution >= 4 is 22.6 Å². The van der Waals surface area contributed by atoms with E-state index in [2.05, 4.69) is 25.4 Å². The Hall–Kier alpha value is -5.07. The SMILES string of the molecule is COc1ccc(F)cc1C(=O)NCc1ccc(-c2ncc(-c3ccc(OCCN4CCOCC4)cn3)c3[nH]nc(N)c23)cc1. The zero-order valence-corrected chi connectivity index (χ0v) is 24.2. The number of hydrogen-bond donors (Lipinski definition) is 3. The molecule has 0 spiro atoms. The van der Waals surface area contributed by atoms with Gasteiger partial charge in [-0.25, -0.2) is 4.39 Å². The Bertz CT molecular complexity index is 1750. The van der Waals surface area contributed by atoms with Gasteiger partial charge in [-0.3, -0.25) is 24.8 Å². The van der Waals surface area contributed by atoms with E-state index in [0.717, 1.165) is 61.1 Å². The van der Waals surface area contributed by atoms with Crippen LogP contribution in [0, 0.1) is 5.82 Å². The van der Waals surface area contributed by atoms with Gasteiger partial charge in [0.1, 0.15) is 23.9 Å². The van der Waals surface area contributed by atoms with Gasteiger partial charge in [-0.2, -0.15) is 5.10 Å². The van der Waals surface area contributed by atoms with Crippen molar-refractivity contribution in [1.29, 1.82) is 0 Å². The van der Waals surface area contributed by atoms with Crippen LogP contribution in [0.1, 0.15) is 15.9 Å². The van der Waals surface area contributed by atoms with E-state index >= 15 is 0 Å². The lowest BCUT2D eigenvalue weighted by atomic mass is 10.0. The van der Waals surface area contributed by atoms with Crippen LogP contribution in [0.2, 0.25) is 0 Å². The summed E-state index contributed by atoms with van der Waals surface area (Å²) in [4.78, 5) is 24.3. The topological polar surface area (TPSA) is 141 Å². The molecule has 0 aliphatic carbocycles. The lowest BCUT2D eigenvalue weighted by Gasteiger charge is -2.26. The summed E-state index contributed by atoms with van der Waals surface area (Å²) >= 11 is 0. The summed E-state index contributed by atoms with van der Waals surface area (Å²) < 4.78 is 30.2. The number of morpholine rings is 1. The standard InChI is InChI=1S/C32H32FN7O4/c1-42-27-9-6-22(33)16-24(27)32(41)37-17-20-2-4-21(5-3-20)29-28-30(38-39-31(28)34)25(19-36-29)26-8-7-23(18-35-26)44-15-12-40-10-13-43-14-11-40/h2-9,16,18-19H,10-15,17H2,1H3,(H,37,41)(H3,34,38,39). The molecule has 44 heavy (non-hydrogen) atoms. The fourth-order valence-corrected chi connectivity index (χ4v) is 5.12. The first-order chi connectivity index (χ1) is 21.5. The molecule has 1 saturated heterocycles. The minimum absolute atomic E-state index is 0.131. The minimum atomic E-state index is -0.513. The number of carbonyl (C=O) groups is 1. The average Bonchev–Trinajstić information content (AvgIpc) is 3.46. The molecule has 0 unspecified atom stereocenters. The summed E-state index contributed by atoms with van der Waals surface area (Å²) in [5.41, 5.74) is 11.0. The molecule has 0 bridgehead atoms. The van der Waals surface area contributed by atoms with Gasteiger partial charge < -0.3 is 25.3 Å². The van der Waals surface area contributed by atoms with Gasteiger partial charge in [-0.05, 0) is 35.9 Å². The van der Waals surface area contributed by atoms with Gasteiger partial charge in [-0.1, -0.05) is 24.3 Å². The van der Waals surface area contributed by atoms with Crippen LogP contribution in [-0.4, -0.2) is 77.5 Å². The van der Waals surface area contributed by atoms with Gasteiger partial charge >= 0.3 is 0 Å². The van der Waals surface area contributed by atoms with Crippen LogP contribution in [0.3, 0.4) is 0 Å². The average molecular weight is 598 g/mol. The molecule has 1 amide bonds. The molecule has 11 nitrogen and oxygen atoms in total. The van der Waals surface area contributed by atoms with Crippen LogP contribution < -0.4 is 20.5 Å². The van der Waals surface area contributed by atoms with Crippen molar-refractivity contribution in [1.82, 2.24) is 30.4 Å². The summed E-state index contributed by atoms with van der Waals surface area (Å²) in [6.07, 6.45) is 3.45. The van der Waals surface area contributed by atoms with E-state index in [1.54, 1.807) is 12.4 Å². The molecule has 4 N–H and O–H groups in total. The minimum Gasteiger partial charge on any atom is -0.496 e. The number of anilines is 1. The van der Waals surface area contributed by atoms with Crippen LogP contribution in [-0.2, 0) is 11.3 Å². The van der Waals surface area contributed by atoms with Crippen LogP contribution in [0.15, 0.2) is 67.0 Å². The number of methoxy groups -OCH3 is 1. The second kappa shape index (κ2) is 13.1. The van der Waals surface area contributed by atoms with Crippen LogP contribution in [0.4, 0.5) is 10.2 Å². The van der Waals surface area contributed by atoms with Crippen molar-refractivity contribution < 1.29 is 23.4 Å². The smallest absolute Gasteiger partial charge is 0.255 e. The third kappa shape index (κ3) is 6.31. The molecule has 6 rings (SSSR count). The monoisotopic (exact) mass is 597 g/mol. The number of pyridine rings is 2. The Labute approximate surface area is 253 Å². The summed E-state index contributed by atoms with van der Waals surface area (Å²) in [5, 5.41) is 10.8. The quantitative estimate of drug-likeness (QED) is 0.217. The number of carbonyl (C=O) groups excluding carboxylic acids is 1. The van der Waals surface area contributed by atoms with Crippen LogP contribution >= 0.6 is 0 Å². The highest BCUT2D eigenvalue weighted by molar-refractivity contribution is 6.05. The van der Waals surface area contributed by atoms with Gasteiger partial charge in [0.25, 0.3) is 5.91 Å². The number of aromatic amines is 1. The van der Waals surface area contributed by atoms with E-state index < -0.39 is 11.7 Å². The molecular weight excluding hydrogens is 565 g/mol. The van der Waals surface area contributed by atoms with E-state index in [1.165, 1.54) is 19.2 Å². The van der Waals surface area contributed by atoms with Gasteiger partial charge in [0.05, 0.1) is 54.4 Å². The lowest BCUT2D eigenvalue weighted by molar-refractivity contribution is 0.0322. The molecule has 2 aromatic carbocycles. The maximum absolute atomic E-state index is 13.7. The van der Waals surface area contributed by atoms with Crippen molar-refractivity contribution in [2.75, 3.05) is 52.3 Å². The Kier molecular flexibility index (Phi) is 8.62. The first kappa shape index (κ1) is 29.0. The molecule has 3 aromatic heterocycles. The van der Waals surface area contributed by atoms with E-state index in [0.29, 0.717) is 40.7 Å². The maximum atomic E-state index is 13.7. The van der Waals surface area contributed by atoms with Crippen molar-refractivity contribution in [2.24, 2.45) is 0 Å². The predicted octanol–water partition coefficient (Wildman–Crippen LogP) is 4.06. The number of nitrogens with two attached hydrogens (primary N) is 1. The van der Waals surface area contributed by atoms with Crippen LogP contribution in [0.5, 0.6) is 11.5 Å². The number of rotatable bonds is 10. The maximum Gasteiger partial charge on any atom is 0.255 e. The summed E-state index contributed by atoms with van der Waals surface area (Å²) in [6.45, 7) is 5.02. The number of nitrogens with one attached hydrogen (secondary N) is 2. The Morgan fingerprint density at radius 2 is 1.91 bits per heavy atom. The third-order valence-electron chi connectivity index (χ3n) is 7.50. The zero-order valence-electron chi connectivity index (χ0n) is 24.2. The number of fused-ring (bicyclic) bond motifs is 1. The number of halogens is 1. The second-order valence-electron chi connectivity index (χ2n) is 10.3. The molecule has 0 atom stereocenters. The van der Waals surface area contributed by atoms with Crippen LogP contribution in [0.25, 0.3) is 33.4 Å². The Morgan fingerprint density at radius 1 is 1.09 bits per heavy atom. The summed E-state index contributed by atoms with van der Waals surface area (Å²) in [6, 6.07) is 15.2. The lowest BCUT2D eigenvalue weighted by Crippen LogP contribution is -2.38. The third-order valence-corrected chi connectivity index (χ3v) is 7.50. The number of amides is 1. The zero-order chi connectivity index (χ0) is 30.5. The van der Waals surface area contributed by atoms with Gasteiger partial charge in [0.15, 0.2) is 5.82 Å². The Balaban J connectivity index is 1.14. The molecule has 4 heterocycles. The molecule has 1 aliphatic heterocycles. The van der Waals surface area contributed by atoms with E-state index in [-0.39, 0.29) is 12.1 Å². The molecule has 1 fully saturated rings. The highest BCUT2D eigenvalue weighted by atomic mass is 19.1. The number of hydrogen-bond acceptors (Lipinski definition) is 9. The van der Waals surface area contributed by atoms with Crippen molar-refractivity contribution in [3.05, 3.63) is 83.9 Å². The van der Waals surface area contributed by atoms with Gasteiger partial charge in [0.2, 0.25) is 0 Å². The molecule has 0 saturated carbocycles. The summed E-state index contributed by atoms with van der Waals surface area (Å²) in [7, 11) is 1.43. The highest BCUT2D eigenvalue weighted by Crippen LogP contribution is 2.35. The fourth-order valence-electron chi connectivity index (χ4n) is 5.12. The van der Waals surface area contributed by atoms with E-state index in [4.69, 9.17) is 24.9 Å². The second-order valence-corrected chi connectivity index (χ2v) is 10.3. The van der Waals surface area contributed by atoms with Crippen molar-refractivity contribution in [2.45, 2.75) is 6.54 Å². The molecule has 5 aromatic rings. The van der Waals surface area contributed by atoms with E-state index in [1.807, 2.05) is 36.4 Å². The molecule has 1 aliphatic rings. The predicted molar refractivity (Wildman–Crippen MR) is 164 cm³/mol. The normalized spacial score (nSPS) is 13.6.